The number of Topliss-reactive ketones (excluding diaryl/α,β-unsaturated/α-hetero) is 2. The molecular weight excluding hydrogens is 953 g/mol. The number of nitrogens with one attached hydrogen (secondary N) is 8. The number of aromatic amines is 2. The topological polar surface area (TPSA) is 355 Å². The summed E-state index contributed by atoms with van der Waals surface area (Å²) >= 11 is 0. The van der Waals surface area contributed by atoms with Gasteiger partial charge in [-0.05, 0) is 68.6 Å². The molecule has 1 aliphatic rings. The average molecular weight is 1020 g/mol. The lowest BCUT2D eigenvalue weighted by Crippen LogP contribution is -2.59. The Hall–Kier alpha value is -7.91. The van der Waals surface area contributed by atoms with Gasteiger partial charge in [-0.25, -0.2) is 9.78 Å². The van der Waals surface area contributed by atoms with Gasteiger partial charge in [-0.2, -0.15) is 0 Å². The molecule has 6 amide bonds. The van der Waals surface area contributed by atoms with Crippen molar-refractivity contribution in [2.75, 3.05) is 13.1 Å². The molecule has 22 nitrogen and oxygen atoms in total. The van der Waals surface area contributed by atoms with E-state index in [9.17, 15) is 48.3 Å². The van der Waals surface area contributed by atoms with Crippen LogP contribution in [0.25, 0.3) is 10.9 Å². The molecule has 398 valence electrons. The summed E-state index contributed by atoms with van der Waals surface area (Å²) in [6, 6.07) is 9.52. The zero-order valence-electron chi connectivity index (χ0n) is 42.0. The number of carbonyl (C=O) groups is 9. The minimum Gasteiger partial charge on any atom is -0.480 e. The summed E-state index contributed by atoms with van der Waals surface area (Å²) in [6.07, 6.45) is 5.27. The highest BCUT2D eigenvalue weighted by Crippen LogP contribution is 2.26. The number of benzene rings is 2. The summed E-state index contributed by atoms with van der Waals surface area (Å²) < 4.78 is 0. The number of imidazole rings is 1. The van der Waals surface area contributed by atoms with E-state index in [1.807, 2.05) is 31.2 Å². The first-order valence-corrected chi connectivity index (χ1v) is 25.2. The molecule has 0 bridgehead atoms. The van der Waals surface area contributed by atoms with Gasteiger partial charge in [0.05, 0.1) is 18.8 Å². The molecule has 1 saturated heterocycles. The van der Waals surface area contributed by atoms with Crippen LogP contribution in [0, 0.1) is 11.8 Å². The Bertz CT molecular complexity index is 2580. The summed E-state index contributed by atoms with van der Waals surface area (Å²) in [5, 5.41) is 27.2. The predicted molar refractivity (Wildman–Crippen MR) is 275 cm³/mol. The number of guanidine groups is 1. The smallest absolute Gasteiger partial charge is 0.326 e. The summed E-state index contributed by atoms with van der Waals surface area (Å²) in [4.78, 5) is 139. The van der Waals surface area contributed by atoms with E-state index in [0.29, 0.717) is 29.7 Å². The summed E-state index contributed by atoms with van der Waals surface area (Å²) in [5.74, 6) is -8.92. The maximum Gasteiger partial charge on any atom is 0.326 e. The fraction of sp³-hybridized carbons (Fsp3) is 0.481. The molecule has 5 rings (SSSR count). The Balaban J connectivity index is 1.55. The molecule has 3 heterocycles. The second kappa shape index (κ2) is 29.0. The summed E-state index contributed by atoms with van der Waals surface area (Å²) in [5.41, 5.74) is 13.8. The largest absolute Gasteiger partial charge is 0.480 e. The number of carboxylic acids is 1. The quantitative estimate of drug-likeness (QED) is 0.0407. The first-order valence-electron chi connectivity index (χ1n) is 25.2. The van der Waals surface area contributed by atoms with Gasteiger partial charge in [0, 0.05) is 80.1 Å². The normalized spacial score (nSPS) is 21.5. The van der Waals surface area contributed by atoms with Gasteiger partial charge in [-0.15, -0.1) is 0 Å². The van der Waals surface area contributed by atoms with E-state index in [0.717, 1.165) is 10.9 Å². The number of aromatic nitrogens is 3. The fourth-order valence-corrected chi connectivity index (χ4v) is 8.92. The van der Waals surface area contributed by atoms with E-state index in [1.54, 1.807) is 36.5 Å². The van der Waals surface area contributed by atoms with Crippen LogP contribution in [0.5, 0.6) is 0 Å². The van der Waals surface area contributed by atoms with Gasteiger partial charge in [0.25, 0.3) is 0 Å². The highest BCUT2D eigenvalue weighted by atomic mass is 16.4. The van der Waals surface area contributed by atoms with E-state index in [2.05, 4.69) is 51.8 Å². The lowest BCUT2D eigenvalue weighted by atomic mass is 9.83. The number of hydrogen-bond donors (Lipinski definition) is 11. The molecule has 13 N–H and O–H groups in total. The molecule has 0 spiro atoms. The van der Waals surface area contributed by atoms with E-state index >= 15 is 0 Å². The molecular formula is C52H70N12O10. The van der Waals surface area contributed by atoms with Gasteiger partial charge in [0.2, 0.25) is 35.4 Å². The highest BCUT2D eigenvalue weighted by Gasteiger charge is 2.36. The third-order valence-corrected chi connectivity index (χ3v) is 12.9. The van der Waals surface area contributed by atoms with E-state index in [-0.39, 0.29) is 83.3 Å². The van der Waals surface area contributed by atoms with Crippen molar-refractivity contribution in [3.05, 3.63) is 90.1 Å². The number of fused-ring (bicyclic) bond motifs is 1. The van der Waals surface area contributed by atoms with Gasteiger partial charge in [-0.3, -0.25) is 43.3 Å². The SMILES string of the molecule is CCCCC(NC(C)=O)C(=O)N[C@H]1CC(=O)NCCCC[C@@H](C(=O)O)NC(=O)[C@H](Cc2c[nH]c3ccccc23)CC(=O)[C@H](CCCN=C(N)N)CC(=O)[C@@H](Cc2ccccc2)NC(=O)[C@H](Cc2cnc[nH]2)NC1=O. The second-order valence-corrected chi connectivity index (χ2v) is 18.7. The lowest BCUT2D eigenvalue weighted by molar-refractivity contribution is -0.143. The third kappa shape index (κ3) is 18.3. The van der Waals surface area contributed by atoms with E-state index in [4.69, 9.17) is 11.5 Å². The molecule has 1 unspecified atom stereocenters. The van der Waals surface area contributed by atoms with Crippen molar-refractivity contribution in [3.8, 4) is 0 Å². The number of para-hydroxylation sites is 1. The Kier molecular flexibility index (Phi) is 22.3. The van der Waals surface area contributed by atoms with Crippen molar-refractivity contribution in [2.45, 2.75) is 134 Å². The maximum absolute atomic E-state index is 14.8. The maximum atomic E-state index is 14.8. The van der Waals surface area contributed by atoms with Gasteiger partial charge in [0.1, 0.15) is 30.0 Å². The number of aliphatic carboxylic acids is 1. The minimum absolute atomic E-state index is 0.0242. The number of carbonyl (C=O) groups excluding carboxylic acids is 8. The average Bonchev–Trinajstić information content (AvgIpc) is 4.04. The Morgan fingerprint density at radius 2 is 1.54 bits per heavy atom. The zero-order valence-corrected chi connectivity index (χ0v) is 42.0. The van der Waals surface area contributed by atoms with Crippen LogP contribution in [-0.4, -0.2) is 122 Å². The lowest BCUT2D eigenvalue weighted by Gasteiger charge is -2.27. The first kappa shape index (κ1) is 57.0. The molecule has 4 aromatic rings. The van der Waals surface area contributed by atoms with Crippen LogP contribution in [-0.2, 0) is 62.4 Å². The number of unbranched alkanes of at least 4 members (excludes halogenated alkanes) is 1. The fourth-order valence-electron chi connectivity index (χ4n) is 8.92. The third-order valence-electron chi connectivity index (χ3n) is 12.9. The van der Waals surface area contributed by atoms with Crippen molar-refractivity contribution < 1.29 is 48.3 Å². The van der Waals surface area contributed by atoms with Crippen LogP contribution in [0.3, 0.4) is 0 Å². The van der Waals surface area contributed by atoms with Crippen molar-refractivity contribution in [1.82, 2.24) is 46.9 Å². The Morgan fingerprint density at radius 1 is 0.811 bits per heavy atom. The van der Waals surface area contributed by atoms with Crippen molar-refractivity contribution >= 4 is 69.8 Å². The van der Waals surface area contributed by atoms with Gasteiger partial charge in [-0.1, -0.05) is 68.3 Å². The highest BCUT2D eigenvalue weighted by molar-refractivity contribution is 5.99. The molecule has 2 aromatic heterocycles. The van der Waals surface area contributed by atoms with Gasteiger partial charge >= 0.3 is 5.97 Å². The van der Waals surface area contributed by atoms with Crippen LogP contribution >= 0.6 is 0 Å². The number of amides is 6. The van der Waals surface area contributed by atoms with Crippen molar-refractivity contribution in [3.63, 3.8) is 0 Å². The monoisotopic (exact) mass is 1020 g/mol. The van der Waals surface area contributed by atoms with Crippen molar-refractivity contribution in [1.29, 1.82) is 0 Å². The molecule has 1 aliphatic heterocycles. The van der Waals surface area contributed by atoms with Gasteiger partial charge < -0.3 is 58.4 Å². The molecule has 0 aliphatic carbocycles. The number of ketones is 2. The van der Waals surface area contributed by atoms with E-state index in [1.165, 1.54) is 19.4 Å². The standard InChI is InChI=1S/C52H70N12O10/c1-3-4-17-39(60-31(2)65)48(70)64-43-27-46(68)56-20-11-10-19-40(51(73)74)61-47(69)34(23-35-28-58-38-18-9-8-16-37(35)38)25-44(66)33(15-12-21-57-52(53)54)24-45(67)41(22-32-13-6-5-7-14-32)62-49(71)42(63-50(43)72)26-36-29-55-30-59-36/h5-9,13-14,16,18,28-30,33-34,39-43,58H,3-4,10-12,15,17,19-27H2,1-2H3,(H,55,59)(H,56,68)(H,60,65)(H,61,69)(H,62,71)(H,63,72)(H,64,70)(H,73,74)(H4,53,54,57)/t33-,34-,39?,40+,41-,42+,43+/m1/s1. The molecule has 0 radical (unpaired) electrons. The number of hydrogen-bond acceptors (Lipinski definition) is 11. The molecule has 7 atom stereocenters. The second-order valence-electron chi connectivity index (χ2n) is 18.7. The van der Waals surface area contributed by atoms with Crippen LogP contribution in [0.4, 0.5) is 0 Å². The van der Waals surface area contributed by atoms with Crippen molar-refractivity contribution in [2.24, 2.45) is 28.3 Å². The Morgan fingerprint density at radius 3 is 2.24 bits per heavy atom. The summed E-state index contributed by atoms with van der Waals surface area (Å²) in [6.45, 7) is 3.29. The summed E-state index contributed by atoms with van der Waals surface area (Å²) in [7, 11) is 0. The number of carboxylic acid groups (broad SMARTS) is 1. The Labute approximate surface area is 429 Å². The molecule has 74 heavy (non-hydrogen) atoms. The van der Waals surface area contributed by atoms with E-state index < -0.39 is 108 Å². The number of aliphatic imine (C=N–C) groups is 1. The number of nitrogens with zero attached hydrogens (tertiary/aromatic N) is 2. The first-order chi connectivity index (χ1) is 35.5. The number of rotatable bonds is 17. The number of nitrogens with two attached hydrogens (primary N) is 2. The van der Waals surface area contributed by atoms with Crippen LogP contribution in [0.1, 0.15) is 101 Å². The van der Waals surface area contributed by atoms with Crippen LogP contribution in [0.15, 0.2) is 78.3 Å². The molecule has 22 heteroatoms. The van der Waals surface area contributed by atoms with Crippen LogP contribution < -0.4 is 43.4 Å². The molecule has 0 saturated carbocycles. The molecule has 2 aromatic carbocycles. The minimum atomic E-state index is -1.57. The zero-order chi connectivity index (χ0) is 53.6. The van der Waals surface area contributed by atoms with Crippen LogP contribution in [0.2, 0.25) is 0 Å². The molecule has 1 fully saturated rings. The number of H-pyrrole nitrogens is 2. The predicted octanol–water partition coefficient (Wildman–Crippen LogP) is 1.53. The van der Waals surface area contributed by atoms with Gasteiger partial charge in [0.15, 0.2) is 11.7 Å².